The third kappa shape index (κ3) is 5.54. The quantitative estimate of drug-likeness (QED) is 0.772. The Hall–Kier alpha value is -1.00. The summed E-state index contributed by atoms with van der Waals surface area (Å²) in [5, 5.41) is 2.92. The molecular weight excluding hydrogens is 330 g/mol. The first-order valence-corrected chi connectivity index (χ1v) is 9.61. The van der Waals surface area contributed by atoms with Gasteiger partial charge in [-0.3, -0.25) is 4.90 Å². The molecule has 0 spiro atoms. The Kier molecular flexibility index (Phi) is 6.15. The van der Waals surface area contributed by atoms with Crippen molar-refractivity contribution in [3.63, 3.8) is 0 Å². The number of alkyl halides is 2. The van der Waals surface area contributed by atoms with E-state index in [-0.39, 0.29) is 18.6 Å². The minimum Gasteiger partial charge on any atom is -0.335 e. The molecule has 7 nitrogen and oxygen atoms in total. The number of piperazine rings is 1. The lowest BCUT2D eigenvalue weighted by atomic mass is 10.1. The lowest BCUT2D eigenvalue weighted by molar-refractivity contribution is 0.0630. The second-order valence-corrected chi connectivity index (χ2v) is 8.05. The van der Waals surface area contributed by atoms with Gasteiger partial charge in [-0.1, -0.05) is 0 Å². The van der Waals surface area contributed by atoms with Gasteiger partial charge in [0.1, 0.15) is 0 Å². The Morgan fingerprint density at radius 3 is 2.17 bits per heavy atom. The summed E-state index contributed by atoms with van der Waals surface area (Å²) in [6.07, 6.45) is 0.00875. The Morgan fingerprint density at radius 1 is 1.13 bits per heavy atom. The fraction of sp³-hybridized carbons (Fsp3) is 0.923. The average Bonchev–Trinajstić information content (AvgIpc) is 2.47. The number of hydrogen-bond acceptors (Lipinski definition) is 4. The highest BCUT2D eigenvalue weighted by molar-refractivity contribution is 7.88. The van der Waals surface area contributed by atoms with Crippen LogP contribution in [0.5, 0.6) is 0 Å². The summed E-state index contributed by atoms with van der Waals surface area (Å²) in [5.41, 5.74) is 0. The van der Waals surface area contributed by atoms with Gasteiger partial charge in [0.15, 0.2) is 0 Å². The first-order valence-electron chi connectivity index (χ1n) is 7.77. The van der Waals surface area contributed by atoms with Crippen molar-refractivity contribution in [1.29, 1.82) is 0 Å². The van der Waals surface area contributed by atoms with Gasteiger partial charge < -0.3 is 10.2 Å². The van der Waals surface area contributed by atoms with E-state index in [1.54, 1.807) is 9.80 Å². The van der Waals surface area contributed by atoms with Crippen LogP contribution in [-0.4, -0.2) is 93.1 Å². The van der Waals surface area contributed by atoms with Gasteiger partial charge in [-0.05, 0) is 12.8 Å². The largest absolute Gasteiger partial charge is 0.335 e. The molecule has 0 aromatic rings. The normalized spacial score (nSPS) is 22.5. The van der Waals surface area contributed by atoms with E-state index in [2.05, 4.69) is 5.32 Å². The first kappa shape index (κ1) is 18.3. The highest BCUT2D eigenvalue weighted by Gasteiger charge is 2.28. The molecule has 2 heterocycles. The summed E-state index contributed by atoms with van der Waals surface area (Å²) in [6.45, 7) is 2.33. The molecule has 1 N–H and O–H groups in total. The van der Waals surface area contributed by atoms with Crippen LogP contribution in [0.15, 0.2) is 0 Å². The predicted octanol–water partition coefficient (Wildman–Crippen LogP) is 0.00270. The molecule has 0 aromatic heterocycles. The number of piperidine rings is 1. The molecule has 0 atom stereocenters. The van der Waals surface area contributed by atoms with E-state index in [4.69, 9.17) is 0 Å². The summed E-state index contributed by atoms with van der Waals surface area (Å²) >= 11 is 0. The molecule has 2 aliphatic heterocycles. The van der Waals surface area contributed by atoms with Crippen molar-refractivity contribution in [2.45, 2.75) is 25.3 Å². The standard InChI is InChI=1S/C13H24F2N4O3S/c1-23(21,22)19-4-2-11(3-5-19)16-13(20)18-8-6-17(7-9-18)10-12(14)15/h11-12H,2-10H2,1H3,(H,16,20). The Balaban J connectivity index is 1.72. The zero-order valence-electron chi connectivity index (χ0n) is 13.2. The van der Waals surface area contributed by atoms with Gasteiger partial charge in [0.05, 0.1) is 12.8 Å². The maximum Gasteiger partial charge on any atom is 0.317 e. The molecule has 2 rings (SSSR count). The van der Waals surface area contributed by atoms with Crippen molar-refractivity contribution in [1.82, 2.24) is 19.4 Å². The highest BCUT2D eigenvalue weighted by Crippen LogP contribution is 2.14. The number of amides is 2. The predicted molar refractivity (Wildman–Crippen MR) is 82.0 cm³/mol. The number of carbonyl (C=O) groups is 1. The lowest BCUT2D eigenvalue weighted by Gasteiger charge is -2.36. The molecule has 0 radical (unpaired) electrons. The number of rotatable bonds is 4. The summed E-state index contributed by atoms with van der Waals surface area (Å²) in [7, 11) is -3.17. The maximum atomic E-state index is 12.3. The van der Waals surface area contributed by atoms with E-state index in [1.165, 1.54) is 10.6 Å². The number of hydrogen-bond donors (Lipinski definition) is 1. The van der Waals surface area contributed by atoms with Crippen molar-refractivity contribution >= 4 is 16.1 Å². The maximum absolute atomic E-state index is 12.3. The molecule has 0 bridgehead atoms. The highest BCUT2D eigenvalue weighted by atomic mass is 32.2. The number of nitrogens with zero attached hydrogens (tertiary/aromatic N) is 3. The lowest BCUT2D eigenvalue weighted by Crippen LogP contribution is -2.55. The summed E-state index contributed by atoms with van der Waals surface area (Å²) in [4.78, 5) is 15.5. The molecule has 2 amide bonds. The van der Waals surface area contributed by atoms with Gasteiger partial charge in [0, 0.05) is 45.3 Å². The van der Waals surface area contributed by atoms with Crippen LogP contribution in [0, 0.1) is 0 Å². The second kappa shape index (κ2) is 7.71. The van der Waals surface area contributed by atoms with E-state index in [0.29, 0.717) is 52.1 Å². The van der Waals surface area contributed by atoms with Crippen molar-refractivity contribution in [2.75, 3.05) is 52.1 Å². The molecule has 23 heavy (non-hydrogen) atoms. The SMILES string of the molecule is CS(=O)(=O)N1CCC(NC(=O)N2CCN(CC(F)F)CC2)CC1. The van der Waals surface area contributed by atoms with Gasteiger partial charge in [-0.2, -0.15) is 0 Å². The fourth-order valence-corrected chi connectivity index (χ4v) is 3.80. The van der Waals surface area contributed by atoms with Crippen LogP contribution in [0.2, 0.25) is 0 Å². The monoisotopic (exact) mass is 354 g/mol. The topological polar surface area (TPSA) is 73.0 Å². The molecular formula is C13H24F2N4O3S. The molecule has 10 heteroatoms. The molecule has 0 saturated carbocycles. The fourth-order valence-electron chi connectivity index (χ4n) is 2.93. The third-order valence-electron chi connectivity index (χ3n) is 4.31. The van der Waals surface area contributed by atoms with Crippen LogP contribution >= 0.6 is 0 Å². The summed E-state index contributed by atoms with van der Waals surface area (Å²) in [5.74, 6) is 0. The van der Waals surface area contributed by atoms with Crippen LogP contribution in [0.3, 0.4) is 0 Å². The zero-order valence-corrected chi connectivity index (χ0v) is 14.1. The van der Waals surface area contributed by atoms with Crippen LogP contribution in [0.4, 0.5) is 13.6 Å². The van der Waals surface area contributed by atoms with Gasteiger partial charge in [-0.15, -0.1) is 0 Å². The molecule has 2 aliphatic rings. The van der Waals surface area contributed by atoms with Crippen molar-refractivity contribution in [3.8, 4) is 0 Å². The van der Waals surface area contributed by atoms with Crippen LogP contribution < -0.4 is 5.32 Å². The molecule has 2 saturated heterocycles. The van der Waals surface area contributed by atoms with E-state index >= 15 is 0 Å². The molecule has 0 aliphatic carbocycles. The number of nitrogens with one attached hydrogen (secondary N) is 1. The summed E-state index contributed by atoms with van der Waals surface area (Å²) < 4.78 is 48.9. The smallest absolute Gasteiger partial charge is 0.317 e. The molecule has 0 unspecified atom stereocenters. The van der Waals surface area contributed by atoms with Gasteiger partial charge in [0.25, 0.3) is 6.43 Å². The Labute approximate surface area is 135 Å². The van der Waals surface area contributed by atoms with E-state index in [0.717, 1.165) is 0 Å². The van der Waals surface area contributed by atoms with Crippen molar-refractivity contribution < 1.29 is 22.0 Å². The van der Waals surface area contributed by atoms with Gasteiger partial charge in [-0.25, -0.2) is 26.3 Å². The zero-order chi connectivity index (χ0) is 17.0. The summed E-state index contributed by atoms with van der Waals surface area (Å²) in [6, 6.07) is -0.237. The van der Waals surface area contributed by atoms with E-state index in [9.17, 15) is 22.0 Å². The average molecular weight is 354 g/mol. The van der Waals surface area contributed by atoms with E-state index < -0.39 is 16.4 Å². The third-order valence-corrected chi connectivity index (χ3v) is 5.61. The van der Waals surface area contributed by atoms with E-state index in [1.807, 2.05) is 0 Å². The Bertz CT molecular complexity index is 501. The van der Waals surface area contributed by atoms with Crippen LogP contribution in [0.25, 0.3) is 0 Å². The second-order valence-electron chi connectivity index (χ2n) is 6.06. The molecule has 0 aromatic carbocycles. The Morgan fingerprint density at radius 2 is 1.70 bits per heavy atom. The van der Waals surface area contributed by atoms with Gasteiger partial charge in [0.2, 0.25) is 10.0 Å². The van der Waals surface area contributed by atoms with Gasteiger partial charge >= 0.3 is 6.03 Å². The minimum atomic E-state index is -3.17. The number of halogens is 2. The molecule has 2 fully saturated rings. The number of urea groups is 1. The number of carbonyl (C=O) groups excluding carboxylic acids is 1. The number of sulfonamides is 1. The molecule has 134 valence electrons. The van der Waals surface area contributed by atoms with Crippen LogP contribution in [0.1, 0.15) is 12.8 Å². The first-order chi connectivity index (χ1) is 10.8. The minimum absolute atomic E-state index is 0.0420. The van der Waals surface area contributed by atoms with Crippen LogP contribution in [-0.2, 0) is 10.0 Å². The van der Waals surface area contributed by atoms with Crippen molar-refractivity contribution in [2.24, 2.45) is 0 Å². The van der Waals surface area contributed by atoms with Crippen molar-refractivity contribution in [3.05, 3.63) is 0 Å².